The maximum atomic E-state index is 11.5. The van der Waals surface area contributed by atoms with Gasteiger partial charge in [0, 0.05) is 0 Å². The van der Waals surface area contributed by atoms with E-state index in [2.05, 4.69) is 10.2 Å². The highest BCUT2D eigenvalue weighted by Crippen LogP contribution is 2.37. The lowest BCUT2D eigenvalue weighted by Gasteiger charge is -2.17. The van der Waals surface area contributed by atoms with Crippen LogP contribution in [0.5, 0.6) is 5.75 Å². The van der Waals surface area contributed by atoms with Crippen molar-refractivity contribution in [2.45, 2.75) is 19.4 Å². The van der Waals surface area contributed by atoms with E-state index in [0.717, 1.165) is 12.0 Å². The fraction of sp³-hybridized carbons (Fsp3) is 0.417. The van der Waals surface area contributed by atoms with Gasteiger partial charge in [-0.25, -0.2) is 4.79 Å². The summed E-state index contributed by atoms with van der Waals surface area (Å²) in [5, 5.41) is 8.22. The Bertz CT molecular complexity index is 483. The van der Waals surface area contributed by atoms with Crippen molar-refractivity contribution in [1.82, 2.24) is 0 Å². The maximum Gasteiger partial charge on any atom is 0.337 e. The molecule has 0 aromatic heterocycles. The molecule has 5 nitrogen and oxygen atoms in total. The van der Waals surface area contributed by atoms with Crippen LogP contribution in [-0.2, 0) is 11.2 Å². The highest BCUT2D eigenvalue weighted by Gasteiger charge is 2.20. The molecule has 1 aliphatic rings. The first-order valence-electron chi connectivity index (χ1n) is 5.35. The number of hydrogen-bond donors (Lipinski definition) is 0. The molecule has 0 fully saturated rings. The van der Waals surface area contributed by atoms with Crippen molar-refractivity contribution in [2.75, 3.05) is 14.2 Å². The maximum absolute atomic E-state index is 11.5. The van der Waals surface area contributed by atoms with Gasteiger partial charge in [-0.3, -0.25) is 0 Å². The third kappa shape index (κ3) is 2.13. The van der Waals surface area contributed by atoms with E-state index >= 15 is 0 Å². The van der Waals surface area contributed by atoms with Crippen LogP contribution in [0.15, 0.2) is 22.4 Å². The van der Waals surface area contributed by atoms with Crippen molar-refractivity contribution in [1.29, 1.82) is 0 Å². The fourth-order valence-corrected chi connectivity index (χ4v) is 1.84. The Morgan fingerprint density at radius 1 is 1.41 bits per heavy atom. The first-order chi connectivity index (χ1) is 8.15. The average Bonchev–Trinajstić information content (AvgIpc) is 2.35. The van der Waals surface area contributed by atoms with Crippen LogP contribution < -0.4 is 4.74 Å². The molecule has 0 saturated carbocycles. The minimum Gasteiger partial charge on any atom is -0.494 e. The Kier molecular flexibility index (Phi) is 3.08. The number of azo groups is 1. The van der Waals surface area contributed by atoms with E-state index < -0.39 is 0 Å². The summed E-state index contributed by atoms with van der Waals surface area (Å²) in [5.74, 6) is 0.180. The second kappa shape index (κ2) is 4.53. The molecule has 1 heterocycles. The first-order valence-corrected chi connectivity index (χ1v) is 5.35. The minimum absolute atomic E-state index is 0.125. The molecule has 0 N–H and O–H groups in total. The van der Waals surface area contributed by atoms with E-state index in [-0.39, 0.29) is 12.0 Å². The largest absolute Gasteiger partial charge is 0.494 e. The predicted octanol–water partition coefficient (Wildman–Crippen LogP) is 2.51. The zero-order valence-electron chi connectivity index (χ0n) is 10.1. The molecular formula is C12H14N2O3. The van der Waals surface area contributed by atoms with Crippen LogP contribution in [0.2, 0.25) is 0 Å². The van der Waals surface area contributed by atoms with Crippen LogP contribution in [0.3, 0.4) is 0 Å². The van der Waals surface area contributed by atoms with Crippen LogP contribution in [0.4, 0.5) is 5.69 Å². The molecule has 5 heteroatoms. The predicted molar refractivity (Wildman–Crippen MR) is 62.0 cm³/mol. The number of methoxy groups -OCH3 is 2. The van der Waals surface area contributed by atoms with E-state index in [1.165, 1.54) is 7.11 Å². The Balaban J connectivity index is 2.52. The van der Waals surface area contributed by atoms with Crippen LogP contribution in [-0.4, -0.2) is 26.2 Å². The lowest BCUT2D eigenvalue weighted by atomic mass is 10.0. The van der Waals surface area contributed by atoms with Gasteiger partial charge in [-0.1, -0.05) is 0 Å². The molecule has 90 valence electrons. The quantitative estimate of drug-likeness (QED) is 0.738. The standard InChI is InChI=1S/C12H14N2O3/c1-7-4-8-5-9(12(15)17-3)6-10(16-2)11(8)14-13-7/h5-7H,4H2,1-3H3. The SMILES string of the molecule is COC(=O)c1cc2c(c(OC)c1)N=NC(C)C2. The Morgan fingerprint density at radius 3 is 2.82 bits per heavy atom. The monoisotopic (exact) mass is 234 g/mol. The molecule has 0 radical (unpaired) electrons. The lowest BCUT2D eigenvalue weighted by Crippen LogP contribution is -2.09. The fourth-order valence-electron chi connectivity index (χ4n) is 1.84. The molecule has 1 aliphatic heterocycles. The number of benzene rings is 1. The van der Waals surface area contributed by atoms with Gasteiger partial charge in [0.2, 0.25) is 0 Å². The zero-order chi connectivity index (χ0) is 12.4. The third-order valence-corrected chi connectivity index (χ3v) is 2.67. The van der Waals surface area contributed by atoms with Gasteiger partial charge >= 0.3 is 5.97 Å². The normalized spacial score (nSPS) is 17.5. The Labute approximate surface area is 99.5 Å². The van der Waals surface area contributed by atoms with E-state index in [1.54, 1.807) is 19.2 Å². The van der Waals surface area contributed by atoms with Crippen molar-refractivity contribution in [3.05, 3.63) is 23.3 Å². The molecule has 1 aromatic carbocycles. The van der Waals surface area contributed by atoms with Crippen LogP contribution in [0, 0.1) is 0 Å². The molecule has 2 rings (SSSR count). The summed E-state index contributed by atoms with van der Waals surface area (Å²) < 4.78 is 9.93. The second-order valence-corrected chi connectivity index (χ2v) is 3.95. The highest BCUT2D eigenvalue weighted by atomic mass is 16.5. The number of carbonyl (C=O) groups is 1. The minimum atomic E-state index is -0.374. The summed E-state index contributed by atoms with van der Waals surface area (Å²) >= 11 is 0. The topological polar surface area (TPSA) is 60.2 Å². The lowest BCUT2D eigenvalue weighted by molar-refractivity contribution is 0.0600. The molecule has 0 aliphatic carbocycles. The van der Waals surface area contributed by atoms with Gasteiger partial charge in [0.05, 0.1) is 25.8 Å². The Hall–Kier alpha value is -1.91. The third-order valence-electron chi connectivity index (χ3n) is 2.67. The number of carbonyl (C=O) groups excluding carboxylic acids is 1. The molecule has 0 spiro atoms. The summed E-state index contributed by atoms with van der Waals surface area (Å²) in [6.07, 6.45) is 0.750. The summed E-state index contributed by atoms with van der Waals surface area (Å²) in [5.41, 5.74) is 2.15. The molecule has 1 unspecified atom stereocenters. The zero-order valence-corrected chi connectivity index (χ0v) is 10.1. The summed E-state index contributed by atoms with van der Waals surface area (Å²) in [4.78, 5) is 11.5. The molecule has 17 heavy (non-hydrogen) atoms. The van der Waals surface area contributed by atoms with Gasteiger partial charge < -0.3 is 9.47 Å². The van der Waals surface area contributed by atoms with E-state index in [4.69, 9.17) is 9.47 Å². The first kappa shape index (κ1) is 11.6. The van der Waals surface area contributed by atoms with Crippen LogP contribution >= 0.6 is 0 Å². The van der Waals surface area contributed by atoms with Crippen molar-refractivity contribution in [3.63, 3.8) is 0 Å². The van der Waals surface area contributed by atoms with Gasteiger partial charge in [0.15, 0.2) is 0 Å². The van der Waals surface area contributed by atoms with Crippen molar-refractivity contribution < 1.29 is 14.3 Å². The number of nitrogens with zero attached hydrogens (tertiary/aromatic N) is 2. The summed E-state index contributed by atoms with van der Waals surface area (Å²) in [6.45, 7) is 1.98. The molecule has 0 saturated heterocycles. The van der Waals surface area contributed by atoms with E-state index in [1.807, 2.05) is 6.92 Å². The smallest absolute Gasteiger partial charge is 0.337 e. The Morgan fingerprint density at radius 2 is 2.18 bits per heavy atom. The average molecular weight is 234 g/mol. The van der Waals surface area contributed by atoms with Gasteiger partial charge in [0.1, 0.15) is 11.4 Å². The molecule has 0 bridgehead atoms. The number of ether oxygens (including phenoxy) is 2. The second-order valence-electron chi connectivity index (χ2n) is 3.95. The van der Waals surface area contributed by atoms with Crippen LogP contribution in [0.1, 0.15) is 22.8 Å². The molecule has 1 aromatic rings. The highest BCUT2D eigenvalue weighted by molar-refractivity contribution is 5.91. The van der Waals surface area contributed by atoms with E-state index in [9.17, 15) is 4.79 Å². The van der Waals surface area contributed by atoms with Crippen molar-refractivity contribution >= 4 is 11.7 Å². The van der Waals surface area contributed by atoms with Gasteiger partial charge in [0.25, 0.3) is 0 Å². The number of hydrogen-bond acceptors (Lipinski definition) is 5. The van der Waals surface area contributed by atoms with E-state index in [0.29, 0.717) is 17.0 Å². The van der Waals surface area contributed by atoms with Gasteiger partial charge in [-0.2, -0.15) is 10.2 Å². The number of esters is 1. The van der Waals surface area contributed by atoms with Crippen LogP contribution in [0.25, 0.3) is 0 Å². The summed E-state index contributed by atoms with van der Waals surface area (Å²) in [7, 11) is 2.90. The molecule has 0 amide bonds. The number of rotatable bonds is 2. The molecular weight excluding hydrogens is 220 g/mol. The summed E-state index contributed by atoms with van der Waals surface area (Å²) in [6, 6.07) is 3.54. The molecule has 1 atom stereocenters. The van der Waals surface area contributed by atoms with Crippen molar-refractivity contribution in [3.8, 4) is 5.75 Å². The van der Waals surface area contributed by atoms with Gasteiger partial charge in [-0.15, -0.1) is 0 Å². The van der Waals surface area contributed by atoms with Gasteiger partial charge in [-0.05, 0) is 31.0 Å². The number of fused-ring (bicyclic) bond motifs is 1. The van der Waals surface area contributed by atoms with Crippen molar-refractivity contribution in [2.24, 2.45) is 10.2 Å².